The Bertz CT molecular complexity index is 268. The number of alkyl halides is 1. The second-order valence-corrected chi connectivity index (χ2v) is 3.40. The van der Waals surface area contributed by atoms with Crippen LogP contribution in [0.1, 0.15) is 12.0 Å². The third kappa shape index (κ3) is 0.950. The zero-order valence-corrected chi connectivity index (χ0v) is 6.83. The third-order valence-electron chi connectivity index (χ3n) is 2.70. The van der Waals surface area contributed by atoms with Crippen LogP contribution in [0.4, 0.5) is 4.39 Å². The fraction of sp³-hybridized carbons (Fsp3) is 0.400. The van der Waals surface area contributed by atoms with Crippen LogP contribution in [-0.2, 0) is 5.41 Å². The van der Waals surface area contributed by atoms with E-state index in [9.17, 15) is 4.39 Å². The van der Waals surface area contributed by atoms with E-state index in [4.69, 9.17) is 5.73 Å². The zero-order valence-electron chi connectivity index (χ0n) is 6.83. The second kappa shape index (κ2) is 2.56. The largest absolute Gasteiger partial charge is 0.329 e. The van der Waals surface area contributed by atoms with Gasteiger partial charge in [0.15, 0.2) is 0 Å². The standard InChI is InChI=1S/C10H12FN/c11-9-6-10(9,7-12)8-4-2-1-3-5-8/h1-5,9H,6-7,12H2/t9-,10-/m1/s1. The van der Waals surface area contributed by atoms with Gasteiger partial charge < -0.3 is 5.73 Å². The SMILES string of the molecule is NC[C@@]1(c2ccccc2)C[C@H]1F. The van der Waals surface area contributed by atoms with Crippen LogP contribution in [0.2, 0.25) is 0 Å². The second-order valence-electron chi connectivity index (χ2n) is 3.40. The first kappa shape index (κ1) is 7.74. The van der Waals surface area contributed by atoms with E-state index in [0.717, 1.165) is 5.56 Å². The van der Waals surface area contributed by atoms with Crippen LogP contribution in [0, 0.1) is 0 Å². The number of hydrogen-bond acceptors (Lipinski definition) is 1. The van der Waals surface area contributed by atoms with Gasteiger partial charge in [0.2, 0.25) is 0 Å². The van der Waals surface area contributed by atoms with Crippen molar-refractivity contribution in [2.75, 3.05) is 6.54 Å². The van der Waals surface area contributed by atoms with Gasteiger partial charge in [-0.2, -0.15) is 0 Å². The minimum atomic E-state index is -0.732. The molecule has 2 heteroatoms. The molecule has 0 heterocycles. The maximum atomic E-state index is 13.0. The van der Waals surface area contributed by atoms with E-state index in [1.165, 1.54) is 0 Å². The molecule has 0 radical (unpaired) electrons. The van der Waals surface area contributed by atoms with Crippen LogP contribution in [0.25, 0.3) is 0 Å². The van der Waals surface area contributed by atoms with Gasteiger partial charge in [0.1, 0.15) is 6.17 Å². The van der Waals surface area contributed by atoms with Gasteiger partial charge in [-0.25, -0.2) is 4.39 Å². The van der Waals surface area contributed by atoms with Gasteiger partial charge in [-0.15, -0.1) is 0 Å². The number of nitrogens with two attached hydrogens (primary N) is 1. The van der Waals surface area contributed by atoms with Gasteiger partial charge in [0, 0.05) is 12.0 Å². The highest BCUT2D eigenvalue weighted by Crippen LogP contribution is 2.49. The van der Waals surface area contributed by atoms with Crippen molar-refractivity contribution in [1.29, 1.82) is 0 Å². The van der Waals surface area contributed by atoms with Crippen molar-refractivity contribution in [2.24, 2.45) is 5.73 Å². The van der Waals surface area contributed by atoms with Crippen LogP contribution in [0.15, 0.2) is 30.3 Å². The Hall–Kier alpha value is -0.890. The van der Waals surface area contributed by atoms with Gasteiger partial charge in [-0.3, -0.25) is 0 Å². The molecule has 0 aliphatic heterocycles. The molecular formula is C10H12FN. The Morgan fingerprint density at radius 1 is 1.42 bits per heavy atom. The number of benzene rings is 1. The molecule has 0 unspecified atom stereocenters. The number of rotatable bonds is 2. The predicted molar refractivity (Wildman–Crippen MR) is 46.7 cm³/mol. The summed E-state index contributed by atoms with van der Waals surface area (Å²) in [5, 5.41) is 0. The Morgan fingerprint density at radius 2 is 2.00 bits per heavy atom. The van der Waals surface area contributed by atoms with Crippen molar-refractivity contribution in [3.8, 4) is 0 Å². The van der Waals surface area contributed by atoms with Crippen LogP contribution in [0.5, 0.6) is 0 Å². The van der Waals surface area contributed by atoms with Crippen molar-refractivity contribution in [1.82, 2.24) is 0 Å². The zero-order chi connectivity index (χ0) is 8.60. The van der Waals surface area contributed by atoms with Gasteiger partial charge >= 0.3 is 0 Å². The molecule has 1 saturated carbocycles. The summed E-state index contributed by atoms with van der Waals surface area (Å²) in [6.07, 6.45) is -0.141. The fourth-order valence-electron chi connectivity index (χ4n) is 1.66. The number of hydrogen-bond donors (Lipinski definition) is 1. The molecule has 2 rings (SSSR count). The monoisotopic (exact) mass is 165 g/mol. The predicted octanol–water partition coefficient (Wildman–Crippen LogP) is 1.62. The Morgan fingerprint density at radius 3 is 2.42 bits per heavy atom. The van der Waals surface area contributed by atoms with E-state index >= 15 is 0 Å². The topological polar surface area (TPSA) is 26.0 Å². The molecule has 12 heavy (non-hydrogen) atoms. The van der Waals surface area contributed by atoms with E-state index in [2.05, 4.69) is 0 Å². The van der Waals surface area contributed by atoms with E-state index in [1.54, 1.807) is 0 Å². The quantitative estimate of drug-likeness (QED) is 0.708. The molecule has 0 aromatic heterocycles. The van der Waals surface area contributed by atoms with E-state index in [0.29, 0.717) is 13.0 Å². The lowest BCUT2D eigenvalue weighted by Gasteiger charge is -2.11. The molecule has 1 aromatic carbocycles. The molecule has 2 atom stereocenters. The minimum Gasteiger partial charge on any atom is -0.329 e. The summed E-state index contributed by atoms with van der Waals surface area (Å²) < 4.78 is 13.0. The molecule has 0 bridgehead atoms. The summed E-state index contributed by atoms with van der Waals surface area (Å²) in [7, 11) is 0. The molecule has 1 nitrogen and oxygen atoms in total. The summed E-state index contributed by atoms with van der Waals surface area (Å²) >= 11 is 0. The summed E-state index contributed by atoms with van der Waals surface area (Å²) in [6.45, 7) is 0.415. The lowest BCUT2D eigenvalue weighted by atomic mass is 9.96. The summed E-state index contributed by atoms with van der Waals surface area (Å²) in [6, 6.07) is 9.69. The highest BCUT2D eigenvalue weighted by Gasteiger charge is 2.55. The summed E-state index contributed by atoms with van der Waals surface area (Å²) in [5.74, 6) is 0. The van der Waals surface area contributed by atoms with Crippen molar-refractivity contribution < 1.29 is 4.39 Å². The minimum absolute atomic E-state index is 0.346. The van der Waals surface area contributed by atoms with Crippen molar-refractivity contribution >= 4 is 0 Å². The fourth-order valence-corrected chi connectivity index (χ4v) is 1.66. The van der Waals surface area contributed by atoms with E-state index in [-0.39, 0.29) is 5.41 Å². The highest BCUT2D eigenvalue weighted by molar-refractivity contribution is 5.35. The summed E-state index contributed by atoms with van der Waals surface area (Å²) in [5.41, 5.74) is 6.25. The molecule has 0 spiro atoms. The number of halogens is 1. The first-order valence-electron chi connectivity index (χ1n) is 4.19. The lowest BCUT2D eigenvalue weighted by Crippen LogP contribution is -2.22. The summed E-state index contributed by atoms with van der Waals surface area (Å²) in [4.78, 5) is 0. The molecular weight excluding hydrogens is 153 g/mol. The molecule has 1 aliphatic rings. The van der Waals surface area contributed by atoms with Gasteiger partial charge in [-0.05, 0) is 12.0 Å². The normalized spacial score (nSPS) is 33.3. The maximum absolute atomic E-state index is 13.0. The van der Waals surface area contributed by atoms with E-state index < -0.39 is 6.17 Å². The average Bonchev–Trinajstić information content (AvgIpc) is 2.80. The van der Waals surface area contributed by atoms with E-state index in [1.807, 2.05) is 30.3 Å². The Labute approximate surface area is 71.4 Å². The van der Waals surface area contributed by atoms with Gasteiger partial charge in [0.25, 0.3) is 0 Å². The molecule has 1 aromatic rings. The van der Waals surface area contributed by atoms with Gasteiger partial charge in [0.05, 0.1) is 0 Å². The van der Waals surface area contributed by atoms with Crippen LogP contribution in [-0.4, -0.2) is 12.7 Å². The van der Waals surface area contributed by atoms with Crippen LogP contribution in [0.3, 0.4) is 0 Å². The molecule has 1 fully saturated rings. The molecule has 64 valence electrons. The lowest BCUT2D eigenvalue weighted by molar-refractivity contribution is 0.423. The maximum Gasteiger partial charge on any atom is 0.112 e. The average molecular weight is 165 g/mol. The first-order chi connectivity index (χ1) is 5.79. The van der Waals surface area contributed by atoms with Crippen LogP contribution < -0.4 is 5.73 Å². The molecule has 0 amide bonds. The first-order valence-corrected chi connectivity index (χ1v) is 4.19. The molecule has 1 aliphatic carbocycles. The Kier molecular flexibility index (Phi) is 1.65. The smallest absolute Gasteiger partial charge is 0.112 e. The Balaban J connectivity index is 2.31. The van der Waals surface area contributed by atoms with Crippen molar-refractivity contribution in [3.63, 3.8) is 0 Å². The molecule has 2 N–H and O–H groups in total. The van der Waals surface area contributed by atoms with Gasteiger partial charge in [-0.1, -0.05) is 30.3 Å². The van der Waals surface area contributed by atoms with Crippen molar-refractivity contribution in [3.05, 3.63) is 35.9 Å². The third-order valence-corrected chi connectivity index (χ3v) is 2.70. The van der Waals surface area contributed by atoms with Crippen LogP contribution >= 0.6 is 0 Å². The highest BCUT2D eigenvalue weighted by atomic mass is 19.1. The van der Waals surface area contributed by atoms with Crippen molar-refractivity contribution in [2.45, 2.75) is 18.0 Å². The molecule has 0 saturated heterocycles.